The Hall–Kier alpha value is -1.75. The molecule has 0 unspecified atom stereocenters. The number of carbonyl (C=O) groups excluding carboxylic acids is 2. The van der Waals surface area contributed by atoms with Gasteiger partial charge in [0, 0.05) is 44.2 Å². The first-order valence-electron chi connectivity index (χ1n) is 9.00. The molecule has 1 aromatic rings. The van der Waals surface area contributed by atoms with Crippen molar-refractivity contribution < 1.29 is 9.59 Å². The van der Waals surface area contributed by atoms with Crippen LogP contribution >= 0.6 is 11.6 Å². The zero-order valence-electron chi connectivity index (χ0n) is 15.1. The maximum atomic E-state index is 12.3. The number of rotatable bonds is 6. The van der Waals surface area contributed by atoms with E-state index in [0.29, 0.717) is 56.5 Å². The van der Waals surface area contributed by atoms with Crippen molar-refractivity contribution in [2.75, 3.05) is 32.7 Å². The molecule has 0 spiro atoms. The first kappa shape index (κ1) is 19.6. The monoisotopic (exact) mass is 365 g/mol. The zero-order chi connectivity index (χ0) is 18.2. The van der Waals surface area contributed by atoms with Crippen molar-refractivity contribution in [1.82, 2.24) is 15.1 Å². The lowest BCUT2D eigenvalue weighted by Gasteiger charge is -2.34. The predicted octanol–water partition coefficient (Wildman–Crippen LogP) is 3.17. The lowest BCUT2D eigenvalue weighted by molar-refractivity contribution is -0.132. The second kappa shape index (κ2) is 9.66. The predicted molar refractivity (Wildman–Crippen MR) is 101 cm³/mol. The topological polar surface area (TPSA) is 52.7 Å². The molecule has 1 fully saturated rings. The number of hydrogen-bond donors (Lipinski definition) is 1. The van der Waals surface area contributed by atoms with Gasteiger partial charge in [0.05, 0.1) is 0 Å². The van der Waals surface area contributed by atoms with Crippen LogP contribution in [0, 0.1) is 5.92 Å². The molecule has 1 heterocycles. The van der Waals surface area contributed by atoms with Crippen LogP contribution in [-0.4, -0.2) is 54.5 Å². The van der Waals surface area contributed by atoms with Crippen molar-refractivity contribution in [3.63, 3.8) is 0 Å². The zero-order valence-corrected chi connectivity index (χ0v) is 15.9. The third-order valence-corrected chi connectivity index (χ3v) is 4.71. The van der Waals surface area contributed by atoms with E-state index >= 15 is 0 Å². The van der Waals surface area contributed by atoms with Gasteiger partial charge in [-0.1, -0.05) is 37.6 Å². The van der Waals surface area contributed by atoms with Gasteiger partial charge in [0.2, 0.25) is 5.91 Å². The third-order valence-electron chi connectivity index (χ3n) is 4.46. The van der Waals surface area contributed by atoms with Crippen LogP contribution in [0.3, 0.4) is 0 Å². The van der Waals surface area contributed by atoms with E-state index in [1.807, 2.05) is 29.2 Å². The number of benzene rings is 1. The SMILES string of the molecule is CC(C)CCNC(=O)N1CCN(C(=O)CCc2ccc(Cl)cc2)CC1. The summed E-state index contributed by atoms with van der Waals surface area (Å²) in [5.74, 6) is 0.727. The van der Waals surface area contributed by atoms with Crippen molar-refractivity contribution in [2.45, 2.75) is 33.1 Å². The van der Waals surface area contributed by atoms with Gasteiger partial charge in [-0.15, -0.1) is 0 Å². The number of halogens is 1. The molecule has 0 bridgehead atoms. The first-order chi connectivity index (χ1) is 12.0. The Labute approximate surface area is 155 Å². The summed E-state index contributed by atoms with van der Waals surface area (Å²) in [5, 5.41) is 3.66. The fourth-order valence-corrected chi connectivity index (χ4v) is 2.92. The third kappa shape index (κ3) is 6.58. The summed E-state index contributed by atoms with van der Waals surface area (Å²) >= 11 is 5.87. The van der Waals surface area contributed by atoms with Crippen LogP contribution in [0.1, 0.15) is 32.3 Å². The molecular formula is C19H28ClN3O2. The molecule has 6 heteroatoms. The molecule has 0 atom stereocenters. The van der Waals surface area contributed by atoms with E-state index in [9.17, 15) is 9.59 Å². The summed E-state index contributed by atoms with van der Waals surface area (Å²) < 4.78 is 0. The summed E-state index contributed by atoms with van der Waals surface area (Å²) in [7, 11) is 0. The highest BCUT2D eigenvalue weighted by molar-refractivity contribution is 6.30. The van der Waals surface area contributed by atoms with Crippen LogP contribution in [0.2, 0.25) is 5.02 Å². The highest BCUT2D eigenvalue weighted by Gasteiger charge is 2.23. The summed E-state index contributed by atoms with van der Waals surface area (Å²) in [5.41, 5.74) is 1.11. The highest BCUT2D eigenvalue weighted by atomic mass is 35.5. The number of nitrogens with zero attached hydrogens (tertiary/aromatic N) is 2. The van der Waals surface area contributed by atoms with Gasteiger partial charge < -0.3 is 15.1 Å². The minimum atomic E-state index is -0.0195. The number of nitrogens with one attached hydrogen (secondary N) is 1. The molecule has 25 heavy (non-hydrogen) atoms. The Morgan fingerprint density at radius 3 is 2.28 bits per heavy atom. The first-order valence-corrected chi connectivity index (χ1v) is 9.38. The van der Waals surface area contributed by atoms with Crippen molar-refractivity contribution in [3.05, 3.63) is 34.9 Å². The molecule has 3 amide bonds. The van der Waals surface area contributed by atoms with Crippen molar-refractivity contribution in [2.24, 2.45) is 5.92 Å². The lowest BCUT2D eigenvalue weighted by atomic mass is 10.1. The molecule has 1 aliphatic heterocycles. The van der Waals surface area contributed by atoms with Crippen LogP contribution in [0.25, 0.3) is 0 Å². The summed E-state index contributed by atoms with van der Waals surface area (Å²) in [6.45, 7) is 7.40. The van der Waals surface area contributed by atoms with Crippen LogP contribution in [0.4, 0.5) is 4.79 Å². The minimum Gasteiger partial charge on any atom is -0.339 e. The second-order valence-electron chi connectivity index (χ2n) is 6.91. The Bertz CT molecular complexity index is 567. The second-order valence-corrected chi connectivity index (χ2v) is 7.35. The average molecular weight is 366 g/mol. The molecule has 1 aliphatic rings. The van der Waals surface area contributed by atoms with E-state index in [1.165, 1.54) is 0 Å². The Kier molecular flexibility index (Phi) is 7.56. The van der Waals surface area contributed by atoms with Crippen molar-refractivity contribution in [3.8, 4) is 0 Å². The van der Waals surface area contributed by atoms with Gasteiger partial charge in [-0.05, 0) is 36.5 Å². The van der Waals surface area contributed by atoms with Crippen LogP contribution in [0.5, 0.6) is 0 Å². The van der Waals surface area contributed by atoms with Gasteiger partial charge in [-0.25, -0.2) is 4.79 Å². The van der Waals surface area contributed by atoms with E-state index in [4.69, 9.17) is 11.6 Å². The Balaban J connectivity index is 1.69. The van der Waals surface area contributed by atoms with Gasteiger partial charge in [-0.3, -0.25) is 4.79 Å². The number of hydrogen-bond acceptors (Lipinski definition) is 2. The Morgan fingerprint density at radius 2 is 1.68 bits per heavy atom. The molecule has 0 aliphatic carbocycles. The molecule has 2 rings (SSSR count). The molecule has 5 nitrogen and oxygen atoms in total. The molecular weight excluding hydrogens is 338 g/mol. The van der Waals surface area contributed by atoms with E-state index in [1.54, 1.807) is 4.90 Å². The average Bonchev–Trinajstić information content (AvgIpc) is 2.60. The number of urea groups is 1. The molecule has 0 aromatic heterocycles. The normalized spacial score (nSPS) is 14.7. The van der Waals surface area contributed by atoms with Crippen LogP contribution < -0.4 is 5.32 Å². The van der Waals surface area contributed by atoms with Gasteiger partial charge >= 0.3 is 6.03 Å². The highest BCUT2D eigenvalue weighted by Crippen LogP contribution is 2.12. The van der Waals surface area contributed by atoms with E-state index in [-0.39, 0.29) is 11.9 Å². The standard InChI is InChI=1S/C19H28ClN3O2/c1-15(2)9-10-21-19(25)23-13-11-22(12-14-23)18(24)8-5-16-3-6-17(20)7-4-16/h3-4,6-7,15H,5,8-14H2,1-2H3,(H,21,25). The van der Waals surface area contributed by atoms with Crippen LogP contribution in [-0.2, 0) is 11.2 Å². The molecule has 1 saturated heterocycles. The smallest absolute Gasteiger partial charge is 0.317 e. The number of piperazine rings is 1. The van der Waals surface area contributed by atoms with E-state index < -0.39 is 0 Å². The molecule has 0 saturated carbocycles. The number of amides is 3. The van der Waals surface area contributed by atoms with Crippen molar-refractivity contribution >= 4 is 23.5 Å². The van der Waals surface area contributed by atoms with Gasteiger partial charge in [0.25, 0.3) is 0 Å². The van der Waals surface area contributed by atoms with E-state index in [0.717, 1.165) is 12.0 Å². The molecule has 1 N–H and O–H groups in total. The Morgan fingerprint density at radius 1 is 1.08 bits per heavy atom. The summed E-state index contributed by atoms with van der Waals surface area (Å²) in [6.07, 6.45) is 2.18. The summed E-state index contributed by atoms with van der Waals surface area (Å²) in [6, 6.07) is 7.58. The van der Waals surface area contributed by atoms with Crippen molar-refractivity contribution in [1.29, 1.82) is 0 Å². The van der Waals surface area contributed by atoms with Crippen LogP contribution in [0.15, 0.2) is 24.3 Å². The fourth-order valence-electron chi connectivity index (χ4n) is 2.80. The number of aryl methyl sites for hydroxylation is 1. The number of carbonyl (C=O) groups is 2. The molecule has 1 aromatic carbocycles. The van der Waals surface area contributed by atoms with Gasteiger partial charge in [0.15, 0.2) is 0 Å². The molecule has 0 radical (unpaired) electrons. The molecule has 138 valence electrons. The fraction of sp³-hybridized carbons (Fsp3) is 0.579. The summed E-state index contributed by atoms with van der Waals surface area (Å²) in [4.78, 5) is 28.1. The lowest BCUT2D eigenvalue weighted by Crippen LogP contribution is -2.53. The van der Waals surface area contributed by atoms with Gasteiger partial charge in [-0.2, -0.15) is 0 Å². The van der Waals surface area contributed by atoms with E-state index in [2.05, 4.69) is 19.2 Å². The quantitative estimate of drug-likeness (QED) is 0.841. The largest absolute Gasteiger partial charge is 0.339 e. The minimum absolute atomic E-state index is 0.0195. The maximum absolute atomic E-state index is 12.3. The maximum Gasteiger partial charge on any atom is 0.317 e. The van der Waals surface area contributed by atoms with Gasteiger partial charge in [0.1, 0.15) is 0 Å².